The molecule has 0 amide bonds. The molecule has 130 valence electrons. The highest BCUT2D eigenvalue weighted by molar-refractivity contribution is 5.23. The highest BCUT2D eigenvalue weighted by Crippen LogP contribution is 2.32. The van der Waals surface area contributed by atoms with E-state index in [1.165, 1.54) is 12.3 Å². The fraction of sp³-hybridized carbons (Fsp3) is 0.500. The van der Waals surface area contributed by atoms with E-state index in [-0.39, 0.29) is 24.4 Å². The molecule has 1 aliphatic heterocycles. The third-order valence-electron chi connectivity index (χ3n) is 4.10. The van der Waals surface area contributed by atoms with Crippen LogP contribution in [-0.2, 0) is 24.5 Å². The minimum atomic E-state index is -4.41. The SMILES string of the molecule is Cn1cc([C@H]2OCCC[C@@H]2NCc2ncccc2C(F)(F)F)cn1. The number of hydrogen-bond donors (Lipinski definition) is 1. The number of alkyl halides is 3. The number of hydrogen-bond acceptors (Lipinski definition) is 4. The molecule has 2 aromatic rings. The molecule has 0 bridgehead atoms. The molecule has 1 saturated heterocycles. The van der Waals surface area contributed by atoms with Crippen molar-refractivity contribution in [2.45, 2.75) is 37.7 Å². The van der Waals surface area contributed by atoms with Gasteiger partial charge in [-0.15, -0.1) is 0 Å². The maximum atomic E-state index is 13.1. The van der Waals surface area contributed by atoms with Crippen LogP contribution in [0.3, 0.4) is 0 Å². The predicted molar refractivity (Wildman–Crippen MR) is 81.0 cm³/mol. The maximum Gasteiger partial charge on any atom is 0.418 e. The molecule has 0 saturated carbocycles. The second-order valence-corrected chi connectivity index (χ2v) is 5.86. The summed E-state index contributed by atoms with van der Waals surface area (Å²) < 4.78 is 46.7. The lowest BCUT2D eigenvalue weighted by Crippen LogP contribution is -2.39. The lowest BCUT2D eigenvalue weighted by atomic mass is 9.98. The van der Waals surface area contributed by atoms with Gasteiger partial charge in [-0.3, -0.25) is 9.67 Å². The molecule has 1 aliphatic rings. The topological polar surface area (TPSA) is 52.0 Å². The Balaban J connectivity index is 1.73. The summed E-state index contributed by atoms with van der Waals surface area (Å²) in [6, 6.07) is 2.28. The molecule has 1 fully saturated rings. The van der Waals surface area contributed by atoms with E-state index in [0.29, 0.717) is 6.61 Å². The first-order valence-electron chi connectivity index (χ1n) is 7.80. The average molecular weight is 340 g/mol. The smallest absolute Gasteiger partial charge is 0.372 e. The summed E-state index contributed by atoms with van der Waals surface area (Å²) in [5.74, 6) is 0. The first kappa shape index (κ1) is 16.9. The zero-order valence-corrected chi connectivity index (χ0v) is 13.3. The van der Waals surface area contributed by atoms with Crippen LogP contribution in [0.2, 0.25) is 0 Å². The van der Waals surface area contributed by atoms with Crippen molar-refractivity contribution in [1.29, 1.82) is 0 Å². The van der Waals surface area contributed by atoms with Gasteiger partial charge >= 0.3 is 6.18 Å². The maximum absolute atomic E-state index is 13.1. The van der Waals surface area contributed by atoms with E-state index in [0.717, 1.165) is 24.5 Å². The minimum Gasteiger partial charge on any atom is -0.372 e. The van der Waals surface area contributed by atoms with Crippen LogP contribution in [-0.4, -0.2) is 27.4 Å². The summed E-state index contributed by atoms with van der Waals surface area (Å²) in [6.45, 7) is 0.676. The quantitative estimate of drug-likeness (QED) is 0.930. The van der Waals surface area contributed by atoms with Gasteiger partial charge in [0, 0.05) is 44.2 Å². The summed E-state index contributed by atoms with van der Waals surface area (Å²) >= 11 is 0. The number of rotatable bonds is 4. The molecule has 8 heteroatoms. The number of pyridine rings is 1. The van der Waals surface area contributed by atoms with Crippen molar-refractivity contribution < 1.29 is 17.9 Å². The van der Waals surface area contributed by atoms with E-state index < -0.39 is 11.7 Å². The average Bonchev–Trinajstić information content (AvgIpc) is 2.99. The molecule has 3 rings (SSSR count). The summed E-state index contributed by atoms with van der Waals surface area (Å²) in [5.41, 5.74) is 0.222. The summed E-state index contributed by atoms with van der Waals surface area (Å²) in [4.78, 5) is 3.89. The first-order valence-corrected chi connectivity index (χ1v) is 7.80. The van der Waals surface area contributed by atoms with Gasteiger partial charge in [-0.1, -0.05) is 0 Å². The van der Waals surface area contributed by atoms with Crippen LogP contribution in [0.1, 0.15) is 35.8 Å². The minimum absolute atomic E-state index is 0.000472. The van der Waals surface area contributed by atoms with E-state index in [1.807, 2.05) is 13.2 Å². The molecule has 2 aromatic heterocycles. The van der Waals surface area contributed by atoms with Crippen LogP contribution in [0.5, 0.6) is 0 Å². The van der Waals surface area contributed by atoms with Crippen LogP contribution in [0.25, 0.3) is 0 Å². The van der Waals surface area contributed by atoms with Crippen molar-refractivity contribution >= 4 is 0 Å². The number of nitrogens with zero attached hydrogens (tertiary/aromatic N) is 3. The summed E-state index contributed by atoms with van der Waals surface area (Å²) in [7, 11) is 1.82. The number of aromatic nitrogens is 3. The summed E-state index contributed by atoms with van der Waals surface area (Å²) in [6.07, 6.45) is 2.04. The normalized spacial score (nSPS) is 21.8. The molecular formula is C16H19F3N4O. The van der Waals surface area contributed by atoms with Crippen LogP contribution in [0, 0.1) is 0 Å². The lowest BCUT2D eigenvalue weighted by Gasteiger charge is -2.32. The van der Waals surface area contributed by atoms with E-state index in [9.17, 15) is 13.2 Å². The van der Waals surface area contributed by atoms with Crippen LogP contribution in [0.4, 0.5) is 13.2 Å². The van der Waals surface area contributed by atoms with Gasteiger partial charge in [0.15, 0.2) is 0 Å². The van der Waals surface area contributed by atoms with Gasteiger partial charge in [0.2, 0.25) is 0 Å². The second-order valence-electron chi connectivity index (χ2n) is 5.86. The Bertz CT molecular complexity index is 686. The zero-order valence-electron chi connectivity index (χ0n) is 13.3. The van der Waals surface area contributed by atoms with Crippen molar-refractivity contribution in [2.24, 2.45) is 7.05 Å². The third-order valence-corrected chi connectivity index (χ3v) is 4.10. The fourth-order valence-electron chi connectivity index (χ4n) is 2.97. The molecule has 0 radical (unpaired) electrons. The number of ether oxygens (including phenoxy) is 1. The summed E-state index contributed by atoms with van der Waals surface area (Å²) in [5, 5.41) is 7.32. The Hall–Kier alpha value is -1.93. The van der Waals surface area contributed by atoms with Crippen molar-refractivity contribution in [3.8, 4) is 0 Å². The number of aryl methyl sites for hydroxylation is 1. The van der Waals surface area contributed by atoms with Gasteiger partial charge < -0.3 is 10.1 Å². The largest absolute Gasteiger partial charge is 0.418 e. The van der Waals surface area contributed by atoms with Gasteiger partial charge in [0.25, 0.3) is 0 Å². The molecule has 24 heavy (non-hydrogen) atoms. The Morgan fingerprint density at radius 3 is 2.96 bits per heavy atom. The number of halogens is 3. The van der Waals surface area contributed by atoms with Gasteiger partial charge in [0.05, 0.1) is 17.5 Å². The molecule has 0 spiro atoms. The van der Waals surface area contributed by atoms with Crippen molar-refractivity contribution in [3.05, 3.63) is 47.5 Å². The molecule has 0 aromatic carbocycles. The van der Waals surface area contributed by atoms with E-state index in [2.05, 4.69) is 15.4 Å². The lowest BCUT2D eigenvalue weighted by molar-refractivity contribution is -0.138. The van der Waals surface area contributed by atoms with Crippen LogP contribution < -0.4 is 5.32 Å². The second kappa shape index (κ2) is 6.90. The monoisotopic (exact) mass is 340 g/mol. The van der Waals surface area contributed by atoms with Gasteiger partial charge in [-0.2, -0.15) is 18.3 Å². The molecule has 0 aliphatic carbocycles. The zero-order chi connectivity index (χ0) is 17.2. The first-order chi connectivity index (χ1) is 11.4. The van der Waals surface area contributed by atoms with E-state index >= 15 is 0 Å². The molecular weight excluding hydrogens is 321 g/mol. The Kier molecular flexibility index (Phi) is 4.86. The fourth-order valence-corrected chi connectivity index (χ4v) is 2.97. The van der Waals surface area contributed by atoms with E-state index in [4.69, 9.17) is 4.74 Å². The van der Waals surface area contributed by atoms with Crippen molar-refractivity contribution in [3.63, 3.8) is 0 Å². The Labute approximate surface area is 137 Å². The highest BCUT2D eigenvalue weighted by Gasteiger charge is 2.34. The van der Waals surface area contributed by atoms with Crippen LogP contribution in [0.15, 0.2) is 30.7 Å². The van der Waals surface area contributed by atoms with E-state index in [1.54, 1.807) is 10.9 Å². The van der Waals surface area contributed by atoms with Crippen molar-refractivity contribution in [2.75, 3.05) is 6.61 Å². The number of nitrogens with one attached hydrogen (secondary N) is 1. The van der Waals surface area contributed by atoms with Gasteiger partial charge in [-0.25, -0.2) is 0 Å². The molecule has 1 N–H and O–H groups in total. The Morgan fingerprint density at radius 1 is 1.42 bits per heavy atom. The third kappa shape index (κ3) is 3.76. The Morgan fingerprint density at radius 2 is 2.25 bits per heavy atom. The highest BCUT2D eigenvalue weighted by atomic mass is 19.4. The van der Waals surface area contributed by atoms with Crippen molar-refractivity contribution in [1.82, 2.24) is 20.1 Å². The van der Waals surface area contributed by atoms with Crippen LogP contribution >= 0.6 is 0 Å². The molecule has 5 nitrogen and oxygen atoms in total. The molecule has 2 atom stereocenters. The molecule has 3 heterocycles. The van der Waals surface area contributed by atoms with Gasteiger partial charge in [-0.05, 0) is 25.0 Å². The predicted octanol–water partition coefficient (Wildman–Crippen LogP) is 2.84. The molecule has 0 unspecified atom stereocenters. The standard InChI is InChI=1S/C16H19F3N4O/c1-23-10-11(8-22-23)15-13(5-3-7-24-15)21-9-14-12(16(17,18)19)4-2-6-20-14/h2,4,6,8,10,13,15,21H,3,5,7,9H2,1H3/t13-,15+/m0/s1. The van der Waals surface area contributed by atoms with Gasteiger partial charge in [0.1, 0.15) is 6.10 Å².